The Morgan fingerprint density at radius 2 is 2.45 bits per heavy atom. The smallest absolute Gasteiger partial charge is 0.410 e. The second kappa shape index (κ2) is 3.07. The van der Waals surface area contributed by atoms with Crippen molar-refractivity contribution >= 4 is 6.09 Å². The van der Waals surface area contributed by atoms with Gasteiger partial charge in [-0.3, -0.25) is 4.90 Å². The predicted octanol–water partition coefficient (Wildman–Crippen LogP) is 1.19. The topological polar surface area (TPSA) is 29.5 Å². The van der Waals surface area contributed by atoms with Crippen LogP contribution in [0.2, 0.25) is 0 Å². The largest absolute Gasteiger partial charge is 0.447 e. The van der Waals surface area contributed by atoms with Gasteiger partial charge < -0.3 is 4.74 Å². The molecule has 1 aliphatic heterocycles. The normalized spacial score (nSPS) is 24.5. The molecule has 0 bridgehead atoms. The molecule has 1 unspecified atom stereocenters. The first-order valence-electron chi connectivity index (χ1n) is 3.68. The van der Waals surface area contributed by atoms with E-state index in [-0.39, 0.29) is 18.7 Å². The first-order valence-corrected chi connectivity index (χ1v) is 3.68. The molecule has 1 aliphatic rings. The molecule has 0 spiro atoms. The zero-order valence-corrected chi connectivity index (χ0v) is 6.71. The summed E-state index contributed by atoms with van der Waals surface area (Å²) in [4.78, 5) is 12.4. The van der Waals surface area contributed by atoms with Crippen LogP contribution in [0.5, 0.6) is 0 Å². The van der Waals surface area contributed by atoms with Gasteiger partial charge in [0.15, 0.2) is 0 Å². The summed E-state index contributed by atoms with van der Waals surface area (Å²) in [6.07, 6.45) is -0.400. The molecule has 0 radical (unpaired) electrons. The summed E-state index contributed by atoms with van der Waals surface area (Å²) >= 11 is 0. The van der Waals surface area contributed by atoms with Gasteiger partial charge in [0.1, 0.15) is 13.3 Å². The average Bonchev–Trinajstić information content (AvgIpc) is 2.30. The Balaban J connectivity index is 2.63. The van der Waals surface area contributed by atoms with Gasteiger partial charge >= 0.3 is 6.09 Å². The number of hydrogen-bond donors (Lipinski definition) is 0. The summed E-state index contributed by atoms with van der Waals surface area (Å²) in [6.45, 7) is 3.35. The molecular formula is C7H12FNO2. The Bertz CT molecular complexity index is 161. The molecule has 1 saturated heterocycles. The number of alkyl halides is 1. The summed E-state index contributed by atoms with van der Waals surface area (Å²) in [5, 5.41) is 0. The van der Waals surface area contributed by atoms with Crippen molar-refractivity contribution in [3.63, 3.8) is 0 Å². The fourth-order valence-electron chi connectivity index (χ4n) is 1.22. The van der Waals surface area contributed by atoms with Gasteiger partial charge in [0.2, 0.25) is 0 Å². The molecule has 4 heteroatoms. The molecule has 64 valence electrons. The zero-order valence-electron chi connectivity index (χ0n) is 6.71. The molecule has 11 heavy (non-hydrogen) atoms. The van der Waals surface area contributed by atoms with Crippen molar-refractivity contribution in [1.82, 2.24) is 4.90 Å². The van der Waals surface area contributed by atoms with Crippen molar-refractivity contribution in [3.8, 4) is 0 Å². The zero-order chi connectivity index (χ0) is 8.43. The Morgan fingerprint density at radius 1 is 1.82 bits per heavy atom. The van der Waals surface area contributed by atoms with Gasteiger partial charge in [-0.05, 0) is 13.8 Å². The molecule has 1 atom stereocenters. The lowest BCUT2D eigenvalue weighted by Gasteiger charge is -2.22. The highest BCUT2D eigenvalue weighted by Crippen LogP contribution is 2.15. The van der Waals surface area contributed by atoms with Crippen molar-refractivity contribution in [3.05, 3.63) is 0 Å². The van der Waals surface area contributed by atoms with E-state index >= 15 is 0 Å². The quantitative estimate of drug-likeness (QED) is 0.608. The second-order valence-electron chi connectivity index (χ2n) is 2.89. The first-order chi connectivity index (χ1) is 5.16. The van der Waals surface area contributed by atoms with Crippen LogP contribution < -0.4 is 0 Å². The lowest BCUT2D eigenvalue weighted by atomic mass is 10.2. The molecule has 3 nitrogen and oxygen atoms in total. The van der Waals surface area contributed by atoms with E-state index in [9.17, 15) is 9.18 Å². The molecule has 1 fully saturated rings. The minimum Gasteiger partial charge on any atom is -0.447 e. The molecule has 0 aromatic heterocycles. The first kappa shape index (κ1) is 8.30. The minimum atomic E-state index is -0.524. The summed E-state index contributed by atoms with van der Waals surface area (Å²) in [5.74, 6) is 0. The van der Waals surface area contributed by atoms with E-state index in [1.54, 1.807) is 0 Å². The molecule has 1 amide bonds. The van der Waals surface area contributed by atoms with E-state index in [0.717, 1.165) is 0 Å². The molecular weight excluding hydrogens is 149 g/mol. The van der Waals surface area contributed by atoms with Gasteiger partial charge in [-0.15, -0.1) is 0 Å². The molecule has 0 aromatic rings. The van der Waals surface area contributed by atoms with E-state index in [2.05, 4.69) is 4.74 Å². The predicted molar refractivity (Wildman–Crippen MR) is 38.1 cm³/mol. The highest BCUT2D eigenvalue weighted by atomic mass is 19.1. The van der Waals surface area contributed by atoms with Crippen molar-refractivity contribution in [2.45, 2.75) is 25.9 Å². The maximum atomic E-state index is 12.2. The highest BCUT2D eigenvalue weighted by molar-refractivity contribution is 5.70. The number of ether oxygens (including phenoxy) is 1. The van der Waals surface area contributed by atoms with E-state index in [4.69, 9.17) is 0 Å². The lowest BCUT2D eigenvalue weighted by molar-refractivity contribution is 0.147. The second-order valence-corrected chi connectivity index (χ2v) is 2.89. The van der Waals surface area contributed by atoms with Crippen LogP contribution in [0.1, 0.15) is 13.8 Å². The van der Waals surface area contributed by atoms with Crippen LogP contribution in [-0.2, 0) is 4.74 Å². The average molecular weight is 161 g/mol. The van der Waals surface area contributed by atoms with Crippen LogP contribution in [-0.4, -0.2) is 36.4 Å². The van der Waals surface area contributed by atoms with E-state index < -0.39 is 12.8 Å². The maximum Gasteiger partial charge on any atom is 0.410 e. The number of nitrogens with zero attached hydrogens (tertiary/aromatic N) is 1. The molecule has 0 aromatic carbocycles. The summed E-state index contributed by atoms with van der Waals surface area (Å²) in [7, 11) is 0. The van der Waals surface area contributed by atoms with E-state index in [1.165, 1.54) is 4.90 Å². The van der Waals surface area contributed by atoms with Crippen LogP contribution in [0.25, 0.3) is 0 Å². The SMILES string of the molecule is CC(C)N1C(=O)OCC1CF. The number of halogens is 1. The number of hydrogen-bond acceptors (Lipinski definition) is 2. The Hall–Kier alpha value is -0.800. The van der Waals surface area contributed by atoms with Gasteiger partial charge in [-0.25, -0.2) is 9.18 Å². The maximum absolute atomic E-state index is 12.2. The third-order valence-corrected chi connectivity index (χ3v) is 1.74. The van der Waals surface area contributed by atoms with Crippen molar-refractivity contribution in [2.24, 2.45) is 0 Å². The van der Waals surface area contributed by atoms with Crippen molar-refractivity contribution in [1.29, 1.82) is 0 Å². The van der Waals surface area contributed by atoms with Gasteiger partial charge in [0.25, 0.3) is 0 Å². The highest BCUT2D eigenvalue weighted by Gasteiger charge is 2.34. The van der Waals surface area contributed by atoms with Gasteiger partial charge in [-0.1, -0.05) is 0 Å². The number of carbonyl (C=O) groups excluding carboxylic acids is 1. The number of rotatable bonds is 2. The fourth-order valence-corrected chi connectivity index (χ4v) is 1.22. The third-order valence-electron chi connectivity index (χ3n) is 1.74. The van der Waals surface area contributed by atoms with Gasteiger partial charge in [0.05, 0.1) is 6.04 Å². The van der Waals surface area contributed by atoms with E-state index in [1.807, 2.05) is 13.8 Å². The Morgan fingerprint density at radius 3 is 2.82 bits per heavy atom. The fraction of sp³-hybridized carbons (Fsp3) is 0.857. The van der Waals surface area contributed by atoms with Crippen molar-refractivity contribution in [2.75, 3.05) is 13.3 Å². The summed E-state index contributed by atoms with van der Waals surface area (Å²) in [5.41, 5.74) is 0. The standard InChI is InChI=1S/C7H12FNO2/c1-5(2)9-6(3-8)4-11-7(9)10/h5-6H,3-4H2,1-2H3. The van der Waals surface area contributed by atoms with E-state index in [0.29, 0.717) is 0 Å². The van der Waals surface area contributed by atoms with Crippen LogP contribution >= 0.6 is 0 Å². The number of carbonyl (C=O) groups is 1. The van der Waals surface area contributed by atoms with Crippen LogP contribution in [0.4, 0.5) is 9.18 Å². The lowest BCUT2D eigenvalue weighted by Crippen LogP contribution is -2.40. The number of amides is 1. The van der Waals surface area contributed by atoms with Crippen molar-refractivity contribution < 1.29 is 13.9 Å². The van der Waals surface area contributed by atoms with Crippen LogP contribution in [0, 0.1) is 0 Å². The molecule has 1 heterocycles. The van der Waals surface area contributed by atoms with Crippen LogP contribution in [0.3, 0.4) is 0 Å². The molecule has 0 N–H and O–H groups in total. The van der Waals surface area contributed by atoms with Gasteiger partial charge in [-0.2, -0.15) is 0 Å². The Labute approximate surface area is 65.1 Å². The summed E-state index contributed by atoms with van der Waals surface area (Å²) < 4.78 is 16.9. The molecule has 1 rings (SSSR count). The van der Waals surface area contributed by atoms with Crippen LogP contribution in [0.15, 0.2) is 0 Å². The van der Waals surface area contributed by atoms with Gasteiger partial charge in [0, 0.05) is 6.04 Å². The molecule has 0 saturated carbocycles. The molecule has 0 aliphatic carbocycles. The summed E-state index contributed by atoms with van der Waals surface area (Å²) in [6, 6.07) is -0.353. The minimum absolute atomic E-state index is 0.0192. The Kier molecular flexibility index (Phi) is 2.31. The third kappa shape index (κ3) is 1.44. The number of cyclic esters (lactones) is 1. The monoisotopic (exact) mass is 161 g/mol.